The fourth-order valence-electron chi connectivity index (χ4n) is 3.56. The van der Waals surface area contributed by atoms with Crippen molar-refractivity contribution in [3.63, 3.8) is 0 Å². The largest absolute Gasteiger partial charge is 0.382 e. The summed E-state index contributed by atoms with van der Waals surface area (Å²) >= 11 is 0. The van der Waals surface area contributed by atoms with Gasteiger partial charge in [-0.2, -0.15) is 0 Å². The molecule has 1 unspecified atom stereocenters. The number of hydrogen-bond donors (Lipinski definition) is 1. The highest BCUT2D eigenvalue weighted by Gasteiger charge is 2.40. The standard InChI is InChI=1S/C17H33NO3/c1-19-13-14-20-12-6-5-11-18-15-16-7-10-17(21-16)8-3-2-4-9-17/h16,18H,2-15H2,1H3. The molecule has 1 aliphatic heterocycles. The molecule has 4 nitrogen and oxygen atoms in total. The van der Waals surface area contributed by atoms with Gasteiger partial charge in [-0.15, -0.1) is 0 Å². The van der Waals surface area contributed by atoms with Gasteiger partial charge in [-0.1, -0.05) is 19.3 Å². The van der Waals surface area contributed by atoms with Crippen molar-refractivity contribution in [1.82, 2.24) is 5.32 Å². The van der Waals surface area contributed by atoms with E-state index < -0.39 is 0 Å². The summed E-state index contributed by atoms with van der Waals surface area (Å²) in [6.45, 7) is 4.34. The van der Waals surface area contributed by atoms with Crippen LogP contribution >= 0.6 is 0 Å². The first-order chi connectivity index (χ1) is 10.3. The van der Waals surface area contributed by atoms with Crippen molar-refractivity contribution < 1.29 is 14.2 Å². The van der Waals surface area contributed by atoms with Crippen molar-refractivity contribution in [2.75, 3.05) is 40.0 Å². The van der Waals surface area contributed by atoms with Crippen molar-refractivity contribution in [2.45, 2.75) is 69.5 Å². The fourth-order valence-corrected chi connectivity index (χ4v) is 3.56. The lowest BCUT2D eigenvalue weighted by Gasteiger charge is -2.33. The molecule has 124 valence electrons. The zero-order chi connectivity index (χ0) is 14.8. The maximum atomic E-state index is 6.36. The molecule has 1 spiro atoms. The van der Waals surface area contributed by atoms with Crippen LogP contribution in [-0.4, -0.2) is 51.7 Å². The third kappa shape index (κ3) is 6.23. The molecule has 0 amide bonds. The number of methoxy groups -OCH3 is 1. The summed E-state index contributed by atoms with van der Waals surface area (Å²) in [7, 11) is 1.70. The van der Waals surface area contributed by atoms with E-state index in [1.165, 1.54) is 51.4 Å². The molecule has 1 saturated heterocycles. The SMILES string of the molecule is COCCOCCCCNCC1CCC2(CCCCC2)O1. The van der Waals surface area contributed by atoms with Crippen LogP contribution in [0.15, 0.2) is 0 Å². The molecule has 0 radical (unpaired) electrons. The smallest absolute Gasteiger partial charge is 0.0708 e. The highest BCUT2D eigenvalue weighted by Crippen LogP contribution is 2.41. The highest BCUT2D eigenvalue weighted by molar-refractivity contribution is 4.91. The highest BCUT2D eigenvalue weighted by atomic mass is 16.5. The fraction of sp³-hybridized carbons (Fsp3) is 1.00. The van der Waals surface area contributed by atoms with E-state index in [1.54, 1.807) is 7.11 Å². The number of rotatable bonds is 10. The quantitative estimate of drug-likeness (QED) is 0.630. The van der Waals surface area contributed by atoms with E-state index in [-0.39, 0.29) is 5.60 Å². The Kier molecular flexibility index (Phi) is 8.01. The van der Waals surface area contributed by atoms with E-state index >= 15 is 0 Å². The van der Waals surface area contributed by atoms with Crippen molar-refractivity contribution in [3.05, 3.63) is 0 Å². The third-order valence-electron chi connectivity index (χ3n) is 4.80. The summed E-state index contributed by atoms with van der Waals surface area (Å²) in [6, 6.07) is 0. The summed E-state index contributed by atoms with van der Waals surface area (Å²) in [4.78, 5) is 0. The van der Waals surface area contributed by atoms with Gasteiger partial charge in [-0.3, -0.25) is 0 Å². The van der Waals surface area contributed by atoms with Crippen LogP contribution in [0.4, 0.5) is 0 Å². The Morgan fingerprint density at radius 2 is 1.90 bits per heavy atom. The average Bonchev–Trinajstić information content (AvgIpc) is 2.89. The lowest BCUT2D eigenvalue weighted by atomic mass is 9.83. The summed E-state index contributed by atoms with van der Waals surface area (Å²) < 4.78 is 16.8. The van der Waals surface area contributed by atoms with E-state index in [2.05, 4.69) is 5.32 Å². The lowest BCUT2D eigenvalue weighted by molar-refractivity contribution is -0.0623. The Bertz CT molecular complexity index is 267. The number of ether oxygens (including phenoxy) is 3. The van der Waals surface area contributed by atoms with Gasteiger partial charge in [-0.25, -0.2) is 0 Å². The molecule has 1 saturated carbocycles. The van der Waals surface area contributed by atoms with Crippen molar-refractivity contribution in [2.24, 2.45) is 0 Å². The average molecular weight is 299 g/mol. The van der Waals surface area contributed by atoms with Crippen LogP contribution in [0.25, 0.3) is 0 Å². The first-order valence-corrected chi connectivity index (χ1v) is 8.80. The molecule has 2 aliphatic rings. The first-order valence-electron chi connectivity index (χ1n) is 8.80. The first kappa shape index (κ1) is 17.2. The van der Waals surface area contributed by atoms with Gasteiger partial charge in [0.1, 0.15) is 0 Å². The van der Waals surface area contributed by atoms with E-state index in [0.717, 1.165) is 26.1 Å². The van der Waals surface area contributed by atoms with Gasteiger partial charge in [0, 0.05) is 20.3 Å². The second kappa shape index (κ2) is 9.78. The van der Waals surface area contributed by atoms with E-state index in [0.29, 0.717) is 19.3 Å². The van der Waals surface area contributed by atoms with Crippen molar-refractivity contribution >= 4 is 0 Å². The zero-order valence-electron chi connectivity index (χ0n) is 13.7. The molecule has 0 aromatic rings. The summed E-state index contributed by atoms with van der Waals surface area (Å²) in [5.41, 5.74) is 0.264. The minimum Gasteiger partial charge on any atom is -0.382 e. The lowest BCUT2D eigenvalue weighted by Crippen LogP contribution is -2.34. The molecule has 1 aliphatic carbocycles. The Hall–Kier alpha value is -0.160. The molecule has 2 fully saturated rings. The second-order valence-corrected chi connectivity index (χ2v) is 6.54. The monoisotopic (exact) mass is 299 g/mol. The Morgan fingerprint density at radius 3 is 2.71 bits per heavy atom. The van der Waals surface area contributed by atoms with E-state index in [4.69, 9.17) is 14.2 Å². The summed E-state index contributed by atoms with van der Waals surface area (Å²) in [5, 5.41) is 3.55. The predicted octanol–water partition coefficient (Wildman–Crippen LogP) is 2.90. The van der Waals surface area contributed by atoms with Crippen LogP contribution in [0.1, 0.15) is 57.8 Å². The molecule has 2 rings (SSSR count). The predicted molar refractivity (Wildman–Crippen MR) is 84.7 cm³/mol. The maximum absolute atomic E-state index is 6.36. The van der Waals surface area contributed by atoms with Gasteiger partial charge in [0.25, 0.3) is 0 Å². The van der Waals surface area contributed by atoms with Crippen LogP contribution in [0.5, 0.6) is 0 Å². The molecule has 0 aromatic heterocycles. The third-order valence-corrected chi connectivity index (χ3v) is 4.80. The van der Waals surface area contributed by atoms with Gasteiger partial charge >= 0.3 is 0 Å². The zero-order valence-corrected chi connectivity index (χ0v) is 13.7. The van der Waals surface area contributed by atoms with Gasteiger partial charge < -0.3 is 19.5 Å². The summed E-state index contributed by atoms with van der Waals surface area (Å²) in [6.07, 6.45) is 12.0. The minimum absolute atomic E-state index is 0.264. The molecule has 0 bridgehead atoms. The van der Waals surface area contributed by atoms with Gasteiger partial charge in [0.05, 0.1) is 24.9 Å². The van der Waals surface area contributed by atoms with Gasteiger partial charge in [0.2, 0.25) is 0 Å². The van der Waals surface area contributed by atoms with E-state index in [1.807, 2.05) is 0 Å². The summed E-state index contributed by atoms with van der Waals surface area (Å²) in [5.74, 6) is 0. The van der Waals surface area contributed by atoms with Crippen LogP contribution in [-0.2, 0) is 14.2 Å². The van der Waals surface area contributed by atoms with Crippen LogP contribution < -0.4 is 5.32 Å². The molecule has 1 atom stereocenters. The second-order valence-electron chi connectivity index (χ2n) is 6.54. The van der Waals surface area contributed by atoms with Crippen LogP contribution in [0.2, 0.25) is 0 Å². The molecule has 1 N–H and O–H groups in total. The van der Waals surface area contributed by atoms with Crippen molar-refractivity contribution in [3.8, 4) is 0 Å². The van der Waals surface area contributed by atoms with Gasteiger partial charge in [-0.05, 0) is 45.1 Å². The van der Waals surface area contributed by atoms with Crippen molar-refractivity contribution in [1.29, 1.82) is 0 Å². The number of unbranched alkanes of at least 4 members (excludes halogenated alkanes) is 1. The van der Waals surface area contributed by atoms with Gasteiger partial charge in [0.15, 0.2) is 0 Å². The van der Waals surface area contributed by atoms with Crippen LogP contribution in [0.3, 0.4) is 0 Å². The molecule has 21 heavy (non-hydrogen) atoms. The number of nitrogens with one attached hydrogen (secondary N) is 1. The Balaban J connectivity index is 1.43. The van der Waals surface area contributed by atoms with Crippen LogP contribution in [0, 0.1) is 0 Å². The maximum Gasteiger partial charge on any atom is 0.0708 e. The molecular weight excluding hydrogens is 266 g/mol. The molecule has 4 heteroatoms. The molecular formula is C17H33NO3. The number of hydrogen-bond acceptors (Lipinski definition) is 4. The Morgan fingerprint density at radius 1 is 1.05 bits per heavy atom. The van der Waals surface area contributed by atoms with E-state index in [9.17, 15) is 0 Å². The Labute approximate surface area is 129 Å². The minimum atomic E-state index is 0.264. The topological polar surface area (TPSA) is 39.7 Å². The molecule has 0 aromatic carbocycles. The molecule has 1 heterocycles. The normalized spacial score (nSPS) is 24.7.